The number of nitrogens with two attached hydrogens (primary N) is 1. The third-order valence-corrected chi connectivity index (χ3v) is 5.86. The lowest BCUT2D eigenvalue weighted by Crippen LogP contribution is -2.24. The van der Waals surface area contributed by atoms with E-state index in [1.165, 1.54) is 0 Å². The Morgan fingerprint density at radius 2 is 1.74 bits per heavy atom. The van der Waals surface area contributed by atoms with Crippen LogP contribution in [0.25, 0.3) is 0 Å². The Morgan fingerprint density at radius 1 is 1.15 bits per heavy atom. The zero-order chi connectivity index (χ0) is 20.6. The molecule has 12 heteroatoms. The summed E-state index contributed by atoms with van der Waals surface area (Å²) in [5.41, 5.74) is 3.62. The van der Waals surface area contributed by atoms with Gasteiger partial charge in [0.1, 0.15) is 16.9 Å². The number of nitrogen functional groups attached to an aromatic ring is 1. The Morgan fingerprint density at radius 3 is 2.33 bits per heavy atom. The Kier molecular flexibility index (Phi) is 5.95. The summed E-state index contributed by atoms with van der Waals surface area (Å²) >= 11 is 5.84. The zero-order valence-electron chi connectivity index (χ0n) is 13.2. The average molecular weight is 433 g/mol. The van der Waals surface area contributed by atoms with E-state index in [-0.39, 0.29) is 5.82 Å². The molecule has 1 heterocycles. The Balaban J connectivity index is 2.75. The van der Waals surface area contributed by atoms with Gasteiger partial charge in [0, 0.05) is 11.8 Å². The van der Waals surface area contributed by atoms with Crippen LogP contribution in [0.4, 0.5) is 32.2 Å². The van der Waals surface area contributed by atoms with Gasteiger partial charge in [-0.3, -0.25) is 0 Å². The lowest BCUT2D eigenvalue weighted by atomic mass is 10.0. The van der Waals surface area contributed by atoms with Gasteiger partial charge in [0.15, 0.2) is 21.5 Å². The molecule has 0 aliphatic heterocycles. The molecule has 148 valence electrons. The van der Waals surface area contributed by atoms with E-state index in [1.54, 1.807) is 0 Å². The van der Waals surface area contributed by atoms with Gasteiger partial charge >= 0.3 is 6.18 Å². The second-order valence-corrected chi connectivity index (χ2v) is 8.11. The van der Waals surface area contributed by atoms with Gasteiger partial charge in [0.25, 0.3) is 0 Å². The van der Waals surface area contributed by atoms with E-state index in [0.717, 1.165) is 12.3 Å². The monoisotopic (exact) mass is 432 g/mol. The maximum atomic E-state index is 14.2. The molecule has 0 saturated heterocycles. The van der Waals surface area contributed by atoms with E-state index >= 15 is 0 Å². The summed E-state index contributed by atoms with van der Waals surface area (Å²) < 4.78 is 105. The van der Waals surface area contributed by atoms with Crippen LogP contribution < -0.4 is 5.73 Å². The Labute approximate surface area is 154 Å². The Bertz CT molecular complexity index is 966. The number of halogens is 7. The van der Waals surface area contributed by atoms with Crippen molar-refractivity contribution in [1.29, 1.82) is 0 Å². The normalized spacial score (nSPS) is 13.6. The van der Waals surface area contributed by atoms with E-state index in [4.69, 9.17) is 17.3 Å². The van der Waals surface area contributed by atoms with Crippen molar-refractivity contribution in [3.8, 4) is 0 Å². The highest BCUT2D eigenvalue weighted by atomic mass is 35.5. The molecule has 0 amide bonds. The number of anilines is 1. The van der Waals surface area contributed by atoms with Crippen LogP contribution in [0.15, 0.2) is 24.4 Å². The minimum absolute atomic E-state index is 0.303. The number of pyridine rings is 1. The first-order valence-corrected chi connectivity index (χ1v) is 9.25. The first-order chi connectivity index (χ1) is 12.3. The molecule has 0 aliphatic rings. The first kappa shape index (κ1) is 21.3. The van der Waals surface area contributed by atoms with Crippen LogP contribution in [0.5, 0.6) is 0 Å². The van der Waals surface area contributed by atoms with Gasteiger partial charge in [0.2, 0.25) is 0 Å². The van der Waals surface area contributed by atoms with Crippen molar-refractivity contribution in [2.24, 2.45) is 0 Å². The van der Waals surface area contributed by atoms with Crippen LogP contribution in [-0.4, -0.2) is 25.3 Å². The largest absolute Gasteiger partial charge is 0.390 e. The molecular formula is C15H11ClF6N2O2S. The summed E-state index contributed by atoms with van der Waals surface area (Å²) in [6.45, 7) is 0. The van der Waals surface area contributed by atoms with E-state index in [2.05, 4.69) is 4.98 Å². The van der Waals surface area contributed by atoms with Gasteiger partial charge in [-0.25, -0.2) is 26.6 Å². The highest BCUT2D eigenvalue weighted by Gasteiger charge is 2.39. The SMILES string of the molecule is Nc1cc(C(c2c(F)ccc(F)c2F)S(=O)(=O)CCC(F)(F)F)c(Cl)cn1. The number of aromatic nitrogens is 1. The third kappa shape index (κ3) is 4.83. The van der Waals surface area contributed by atoms with Crippen LogP contribution in [0.3, 0.4) is 0 Å². The van der Waals surface area contributed by atoms with Crippen molar-refractivity contribution in [3.05, 3.63) is 58.0 Å². The summed E-state index contributed by atoms with van der Waals surface area (Å²) in [6, 6.07) is 1.72. The number of sulfone groups is 1. The molecule has 1 aromatic heterocycles. The van der Waals surface area contributed by atoms with E-state index in [9.17, 15) is 34.8 Å². The van der Waals surface area contributed by atoms with Crippen molar-refractivity contribution in [1.82, 2.24) is 4.98 Å². The van der Waals surface area contributed by atoms with Gasteiger partial charge in [0.05, 0.1) is 17.2 Å². The molecule has 2 rings (SSSR count). The van der Waals surface area contributed by atoms with E-state index in [0.29, 0.717) is 12.1 Å². The van der Waals surface area contributed by atoms with Crippen molar-refractivity contribution in [2.45, 2.75) is 17.8 Å². The maximum absolute atomic E-state index is 14.2. The van der Waals surface area contributed by atoms with Crippen LogP contribution in [0.1, 0.15) is 22.8 Å². The van der Waals surface area contributed by atoms with Crippen molar-refractivity contribution in [3.63, 3.8) is 0 Å². The van der Waals surface area contributed by atoms with Gasteiger partial charge in [-0.1, -0.05) is 11.6 Å². The number of hydrogen-bond donors (Lipinski definition) is 1. The predicted molar refractivity (Wildman–Crippen MR) is 86.3 cm³/mol. The molecule has 4 nitrogen and oxygen atoms in total. The molecule has 0 radical (unpaired) electrons. The standard InChI is InChI=1S/C15H11ClF6N2O2S/c16-8-6-24-11(23)5-7(8)14(27(25,26)4-3-15(20,21)22)12-9(17)1-2-10(18)13(12)19/h1-2,5-6,14H,3-4H2,(H2,23,24). The topological polar surface area (TPSA) is 73.1 Å². The minimum atomic E-state index is -4.90. The smallest absolute Gasteiger partial charge is 0.384 e. The molecular weight excluding hydrogens is 422 g/mol. The highest BCUT2D eigenvalue weighted by Crippen LogP contribution is 2.39. The van der Waals surface area contributed by atoms with Gasteiger partial charge in [-0.15, -0.1) is 0 Å². The van der Waals surface area contributed by atoms with Gasteiger partial charge in [-0.05, 0) is 23.8 Å². The van der Waals surface area contributed by atoms with Crippen LogP contribution in [0, 0.1) is 17.5 Å². The lowest BCUT2D eigenvalue weighted by Gasteiger charge is -2.21. The number of rotatable bonds is 5. The molecule has 1 atom stereocenters. The molecule has 27 heavy (non-hydrogen) atoms. The molecule has 2 aromatic rings. The van der Waals surface area contributed by atoms with Gasteiger partial charge < -0.3 is 5.73 Å². The average Bonchev–Trinajstić information content (AvgIpc) is 2.55. The Hall–Kier alpha value is -2.01. The second kappa shape index (κ2) is 7.55. The molecule has 0 spiro atoms. The number of alkyl halides is 3. The van der Waals surface area contributed by atoms with Crippen LogP contribution in [-0.2, 0) is 9.84 Å². The van der Waals surface area contributed by atoms with Crippen molar-refractivity contribution < 1.29 is 34.8 Å². The zero-order valence-corrected chi connectivity index (χ0v) is 14.8. The fraction of sp³-hybridized carbons (Fsp3) is 0.267. The highest BCUT2D eigenvalue weighted by molar-refractivity contribution is 7.91. The fourth-order valence-corrected chi connectivity index (χ4v) is 4.55. The number of benzene rings is 1. The third-order valence-electron chi connectivity index (χ3n) is 3.56. The summed E-state index contributed by atoms with van der Waals surface area (Å²) in [7, 11) is -4.90. The summed E-state index contributed by atoms with van der Waals surface area (Å²) in [6.07, 6.45) is -5.76. The van der Waals surface area contributed by atoms with Crippen LogP contribution >= 0.6 is 11.6 Å². The van der Waals surface area contributed by atoms with E-state index < -0.39 is 67.0 Å². The molecule has 0 bridgehead atoms. The summed E-state index contributed by atoms with van der Waals surface area (Å²) in [4.78, 5) is 3.55. The maximum Gasteiger partial charge on any atom is 0.390 e. The quantitative estimate of drug-likeness (QED) is 0.568. The first-order valence-electron chi connectivity index (χ1n) is 7.16. The molecule has 1 unspecified atom stereocenters. The summed E-state index contributed by atoms with van der Waals surface area (Å²) in [5.74, 6) is -6.72. The lowest BCUT2D eigenvalue weighted by molar-refractivity contribution is -0.129. The number of hydrogen-bond acceptors (Lipinski definition) is 4. The molecule has 0 fully saturated rings. The van der Waals surface area contributed by atoms with E-state index in [1.807, 2.05) is 0 Å². The van der Waals surface area contributed by atoms with Crippen LogP contribution in [0.2, 0.25) is 5.02 Å². The number of nitrogens with zero attached hydrogens (tertiary/aromatic N) is 1. The molecule has 2 N–H and O–H groups in total. The van der Waals surface area contributed by atoms with Crippen molar-refractivity contribution >= 4 is 27.3 Å². The second-order valence-electron chi connectivity index (χ2n) is 5.50. The predicted octanol–water partition coefficient (Wildman–Crippen LogP) is 4.19. The fourth-order valence-electron chi connectivity index (χ4n) is 2.36. The minimum Gasteiger partial charge on any atom is -0.384 e. The van der Waals surface area contributed by atoms with Crippen molar-refractivity contribution in [2.75, 3.05) is 11.5 Å². The van der Waals surface area contributed by atoms with Gasteiger partial charge in [-0.2, -0.15) is 13.2 Å². The molecule has 0 saturated carbocycles. The molecule has 1 aromatic carbocycles. The summed E-state index contributed by atoms with van der Waals surface area (Å²) in [5, 5.41) is -2.78. The molecule has 0 aliphatic carbocycles.